The van der Waals surface area contributed by atoms with E-state index in [1.54, 1.807) is 6.20 Å². The van der Waals surface area contributed by atoms with Crippen LogP contribution in [-0.4, -0.2) is 28.8 Å². The van der Waals surface area contributed by atoms with Gasteiger partial charge in [0.05, 0.1) is 24.9 Å². The maximum atomic E-state index is 9.45. The molecule has 12 heavy (non-hydrogen) atoms. The van der Waals surface area contributed by atoms with Crippen molar-refractivity contribution in [2.24, 2.45) is 0 Å². The van der Waals surface area contributed by atoms with Crippen molar-refractivity contribution in [2.75, 3.05) is 18.0 Å². The second-order valence-corrected chi connectivity index (χ2v) is 4.94. The normalized spacial score (nSPS) is 20.8. The monoisotopic (exact) mass is 204 g/mol. The average Bonchev–Trinajstić information content (AvgIpc) is 2.30. The van der Waals surface area contributed by atoms with Gasteiger partial charge < -0.3 is 10.0 Å². The minimum absolute atomic E-state index is 0.544. The molecule has 66 valence electrons. The Morgan fingerprint density at radius 1 is 1.75 bits per heavy atom. The summed E-state index contributed by atoms with van der Waals surface area (Å²) in [5, 5.41) is 10.3. The molecule has 1 saturated heterocycles. The summed E-state index contributed by atoms with van der Waals surface area (Å²) in [5.41, 5.74) is -0.544. The number of aromatic nitrogens is 1. The van der Waals surface area contributed by atoms with Gasteiger partial charge in [-0.25, -0.2) is 4.98 Å². The molecule has 0 amide bonds. The number of rotatable bonds is 1. The van der Waals surface area contributed by atoms with Gasteiger partial charge in [-0.3, -0.25) is 0 Å². The van der Waals surface area contributed by atoms with Crippen LogP contribution in [-0.2, 0) is 0 Å². The first-order valence-electron chi connectivity index (χ1n) is 3.65. The summed E-state index contributed by atoms with van der Waals surface area (Å²) in [6, 6.07) is 0. The highest BCUT2D eigenvalue weighted by atomic mass is 35.5. The van der Waals surface area contributed by atoms with Crippen LogP contribution in [0.2, 0.25) is 4.34 Å². The molecule has 1 aliphatic rings. The van der Waals surface area contributed by atoms with E-state index in [1.165, 1.54) is 11.3 Å². The van der Waals surface area contributed by atoms with E-state index >= 15 is 0 Å². The molecular weight excluding hydrogens is 196 g/mol. The van der Waals surface area contributed by atoms with Crippen LogP contribution in [0.25, 0.3) is 0 Å². The van der Waals surface area contributed by atoms with Crippen LogP contribution in [0.1, 0.15) is 6.92 Å². The molecule has 0 saturated carbocycles. The first-order chi connectivity index (χ1) is 5.57. The number of thiazole rings is 1. The number of anilines is 1. The molecule has 0 bridgehead atoms. The second-order valence-electron chi connectivity index (χ2n) is 3.30. The lowest BCUT2D eigenvalue weighted by Gasteiger charge is -2.43. The van der Waals surface area contributed by atoms with Gasteiger partial charge in [-0.1, -0.05) is 22.9 Å². The van der Waals surface area contributed by atoms with Crippen LogP contribution in [0, 0.1) is 0 Å². The molecule has 2 heterocycles. The summed E-state index contributed by atoms with van der Waals surface area (Å²) in [6.07, 6.45) is 1.63. The van der Waals surface area contributed by atoms with E-state index in [2.05, 4.69) is 4.98 Å². The van der Waals surface area contributed by atoms with E-state index < -0.39 is 5.60 Å². The first-order valence-corrected chi connectivity index (χ1v) is 4.85. The maximum Gasteiger partial charge on any atom is 0.186 e. The summed E-state index contributed by atoms with van der Waals surface area (Å²) < 4.78 is 0.691. The topological polar surface area (TPSA) is 36.4 Å². The van der Waals surface area contributed by atoms with Crippen molar-refractivity contribution in [1.82, 2.24) is 4.98 Å². The summed E-state index contributed by atoms with van der Waals surface area (Å²) in [4.78, 5) is 6.12. The van der Waals surface area contributed by atoms with Crippen molar-refractivity contribution in [3.05, 3.63) is 10.5 Å². The molecule has 0 radical (unpaired) electrons. The van der Waals surface area contributed by atoms with E-state index in [4.69, 9.17) is 11.6 Å². The molecule has 3 nitrogen and oxygen atoms in total. The minimum Gasteiger partial charge on any atom is -0.386 e. The highest BCUT2D eigenvalue weighted by molar-refractivity contribution is 7.19. The predicted octanol–water partition coefficient (Wildman–Crippen LogP) is 1.37. The lowest BCUT2D eigenvalue weighted by atomic mass is 9.98. The second kappa shape index (κ2) is 2.58. The highest BCUT2D eigenvalue weighted by Gasteiger charge is 2.37. The van der Waals surface area contributed by atoms with E-state index in [0.717, 1.165) is 5.13 Å². The van der Waals surface area contributed by atoms with Gasteiger partial charge in [0.25, 0.3) is 0 Å². The molecule has 1 aliphatic heterocycles. The molecule has 0 aromatic carbocycles. The molecule has 1 fully saturated rings. The zero-order valence-corrected chi connectivity index (χ0v) is 8.19. The van der Waals surface area contributed by atoms with Gasteiger partial charge in [0.1, 0.15) is 4.34 Å². The van der Waals surface area contributed by atoms with Crippen molar-refractivity contribution < 1.29 is 5.11 Å². The Hall–Kier alpha value is -0.320. The Morgan fingerprint density at radius 3 is 2.83 bits per heavy atom. The number of aliphatic hydroxyl groups is 1. The molecule has 0 unspecified atom stereocenters. The molecule has 5 heteroatoms. The van der Waals surface area contributed by atoms with Crippen molar-refractivity contribution in [3.63, 3.8) is 0 Å². The fraction of sp³-hybridized carbons (Fsp3) is 0.571. The van der Waals surface area contributed by atoms with Gasteiger partial charge in [0, 0.05) is 0 Å². The standard InChI is InChI=1S/C7H9ClN2OS/c1-7(11)3-10(4-7)6-9-2-5(8)12-6/h2,11H,3-4H2,1H3. The zero-order valence-electron chi connectivity index (χ0n) is 6.62. The van der Waals surface area contributed by atoms with Crippen molar-refractivity contribution in [1.29, 1.82) is 0 Å². The van der Waals surface area contributed by atoms with E-state index in [9.17, 15) is 5.11 Å². The van der Waals surface area contributed by atoms with Crippen LogP contribution >= 0.6 is 22.9 Å². The molecule has 0 atom stereocenters. The van der Waals surface area contributed by atoms with E-state index in [-0.39, 0.29) is 0 Å². The smallest absolute Gasteiger partial charge is 0.186 e. The Balaban J connectivity index is 2.06. The Kier molecular flexibility index (Phi) is 1.78. The Labute approximate surface area is 79.6 Å². The average molecular weight is 205 g/mol. The molecule has 1 N–H and O–H groups in total. The first kappa shape index (κ1) is 8.29. The highest BCUT2D eigenvalue weighted by Crippen LogP contribution is 2.32. The maximum absolute atomic E-state index is 9.45. The van der Waals surface area contributed by atoms with E-state index in [0.29, 0.717) is 17.4 Å². The molecule has 0 aliphatic carbocycles. The van der Waals surface area contributed by atoms with Gasteiger partial charge in [-0.2, -0.15) is 0 Å². The van der Waals surface area contributed by atoms with Crippen LogP contribution in [0.5, 0.6) is 0 Å². The van der Waals surface area contributed by atoms with Gasteiger partial charge >= 0.3 is 0 Å². The molecule has 0 spiro atoms. The van der Waals surface area contributed by atoms with Crippen molar-refractivity contribution in [2.45, 2.75) is 12.5 Å². The minimum atomic E-state index is -0.544. The number of halogens is 1. The van der Waals surface area contributed by atoms with Crippen LogP contribution in [0.15, 0.2) is 6.20 Å². The van der Waals surface area contributed by atoms with Crippen LogP contribution < -0.4 is 4.90 Å². The van der Waals surface area contributed by atoms with Gasteiger partial charge in [0.15, 0.2) is 5.13 Å². The van der Waals surface area contributed by atoms with Crippen molar-refractivity contribution in [3.8, 4) is 0 Å². The molecular formula is C7H9ClN2OS. The van der Waals surface area contributed by atoms with Gasteiger partial charge in [-0.05, 0) is 6.92 Å². The third kappa shape index (κ3) is 1.42. The van der Waals surface area contributed by atoms with Crippen LogP contribution in [0.4, 0.5) is 5.13 Å². The predicted molar refractivity (Wildman–Crippen MR) is 50.0 cm³/mol. The number of hydrogen-bond donors (Lipinski definition) is 1. The number of nitrogens with zero attached hydrogens (tertiary/aromatic N) is 2. The van der Waals surface area contributed by atoms with Crippen LogP contribution in [0.3, 0.4) is 0 Å². The van der Waals surface area contributed by atoms with Gasteiger partial charge in [-0.15, -0.1) is 0 Å². The summed E-state index contributed by atoms with van der Waals surface area (Å²) in [7, 11) is 0. The fourth-order valence-corrected chi connectivity index (χ4v) is 2.20. The molecule has 1 aromatic heterocycles. The Morgan fingerprint density at radius 2 is 2.42 bits per heavy atom. The number of hydrogen-bond acceptors (Lipinski definition) is 4. The summed E-state index contributed by atoms with van der Waals surface area (Å²) in [5.74, 6) is 0. The summed E-state index contributed by atoms with van der Waals surface area (Å²) >= 11 is 7.17. The zero-order chi connectivity index (χ0) is 8.77. The SMILES string of the molecule is CC1(O)CN(c2ncc(Cl)s2)C1. The molecule has 1 aromatic rings. The third-order valence-electron chi connectivity index (χ3n) is 1.80. The number of β-amino-alcohol motifs (C(OH)–C–C–N with tert-alkyl or cyclic N) is 1. The third-order valence-corrected chi connectivity index (χ3v) is 2.97. The largest absolute Gasteiger partial charge is 0.386 e. The van der Waals surface area contributed by atoms with E-state index in [1.807, 2.05) is 11.8 Å². The lowest BCUT2D eigenvalue weighted by molar-refractivity contribution is 0.0310. The lowest BCUT2D eigenvalue weighted by Crippen LogP contribution is -2.60. The quantitative estimate of drug-likeness (QED) is 0.751. The van der Waals surface area contributed by atoms with Crippen molar-refractivity contribution >= 4 is 28.1 Å². The van der Waals surface area contributed by atoms with Gasteiger partial charge in [0.2, 0.25) is 0 Å². The fourth-order valence-electron chi connectivity index (χ4n) is 1.30. The molecule has 2 rings (SSSR count). The Bertz CT molecular complexity index is 291. The summed E-state index contributed by atoms with van der Waals surface area (Å²) in [6.45, 7) is 3.12.